The average Bonchev–Trinajstić information content (AvgIpc) is 3.15. The molecule has 0 spiro atoms. The third kappa shape index (κ3) is 38.8. The molecule has 0 aliphatic carbocycles. The topological polar surface area (TPSA) is 72.8 Å². The second-order valence-electron chi connectivity index (χ2n) is 12.2. The summed E-state index contributed by atoms with van der Waals surface area (Å²) in [6.07, 6.45) is 62.3. The Hall–Kier alpha value is -3.96. The Bertz CT molecular complexity index is 1170. The molecule has 0 radical (unpaired) electrons. The summed E-state index contributed by atoms with van der Waals surface area (Å²) in [5, 5.41) is 9.55. The number of ether oxygens (including phenoxy) is 2. The van der Waals surface area contributed by atoms with Crippen molar-refractivity contribution in [2.24, 2.45) is 0 Å². The summed E-state index contributed by atoms with van der Waals surface area (Å²) in [6.45, 7) is 3.79. The Labute approximate surface area is 317 Å². The number of esters is 2. The minimum absolute atomic E-state index is 0.124. The number of aliphatic hydroxyl groups is 1. The largest absolute Gasteiger partial charge is 0.462 e. The lowest BCUT2D eigenvalue weighted by Gasteiger charge is -2.15. The highest BCUT2D eigenvalue weighted by Gasteiger charge is 2.15. The fourth-order valence-corrected chi connectivity index (χ4v) is 4.53. The monoisotopic (exact) mass is 715 g/mol. The predicted octanol–water partition coefficient (Wildman–Crippen LogP) is 12.6. The van der Waals surface area contributed by atoms with Crippen LogP contribution in [0.1, 0.15) is 129 Å². The second-order valence-corrected chi connectivity index (χ2v) is 12.2. The molecule has 5 nitrogen and oxygen atoms in total. The van der Waals surface area contributed by atoms with Gasteiger partial charge in [0.2, 0.25) is 0 Å². The number of unbranched alkanes of at least 4 members (excludes halogenated alkanes) is 3. The van der Waals surface area contributed by atoms with Crippen molar-refractivity contribution in [2.45, 2.75) is 136 Å². The molecule has 1 unspecified atom stereocenters. The highest BCUT2D eigenvalue weighted by molar-refractivity contribution is 5.70. The quantitative estimate of drug-likeness (QED) is 0.0416. The van der Waals surface area contributed by atoms with E-state index in [1.54, 1.807) is 0 Å². The summed E-state index contributed by atoms with van der Waals surface area (Å²) < 4.78 is 10.5. The van der Waals surface area contributed by atoms with E-state index in [0.29, 0.717) is 12.8 Å². The third-order valence-corrected chi connectivity index (χ3v) is 7.44. The van der Waals surface area contributed by atoms with E-state index >= 15 is 0 Å². The first-order chi connectivity index (χ1) is 25.6. The van der Waals surface area contributed by atoms with E-state index in [4.69, 9.17) is 9.47 Å². The van der Waals surface area contributed by atoms with Crippen LogP contribution in [-0.2, 0) is 19.1 Å². The van der Waals surface area contributed by atoms with Gasteiger partial charge in [-0.15, -0.1) is 0 Å². The van der Waals surface area contributed by atoms with Crippen molar-refractivity contribution in [2.75, 3.05) is 13.2 Å². The van der Waals surface area contributed by atoms with E-state index in [2.05, 4.69) is 148 Å². The maximum Gasteiger partial charge on any atom is 0.306 e. The van der Waals surface area contributed by atoms with Crippen molar-refractivity contribution < 1.29 is 24.2 Å². The van der Waals surface area contributed by atoms with Gasteiger partial charge in [0, 0.05) is 12.8 Å². The van der Waals surface area contributed by atoms with Gasteiger partial charge >= 0.3 is 11.9 Å². The molecule has 0 heterocycles. The SMILES string of the molecule is CC/C=C\C/C=C\C/C=C\C/C=C\C/C=C\C/C=C\CCCCC(=O)OC(CO)COC(=O)CCC/C=C\C/C=C\C/C=C\C/C=C\C/C=C\CC. The van der Waals surface area contributed by atoms with Crippen LogP contribution < -0.4 is 0 Å². The predicted molar refractivity (Wildman–Crippen MR) is 223 cm³/mol. The Morgan fingerprint density at radius 1 is 0.442 bits per heavy atom. The highest BCUT2D eigenvalue weighted by atomic mass is 16.6. The number of aliphatic hydroxyl groups excluding tert-OH is 1. The van der Waals surface area contributed by atoms with Crippen molar-refractivity contribution >= 4 is 11.9 Å². The van der Waals surface area contributed by atoms with Gasteiger partial charge in [0.05, 0.1) is 6.61 Å². The molecule has 0 amide bonds. The van der Waals surface area contributed by atoms with Crippen LogP contribution in [0.4, 0.5) is 0 Å². The van der Waals surface area contributed by atoms with E-state index in [0.717, 1.165) is 89.9 Å². The van der Waals surface area contributed by atoms with Gasteiger partial charge in [-0.05, 0) is 103 Å². The molecule has 5 heteroatoms. The summed E-state index contributed by atoms with van der Waals surface area (Å²) in [5.74, 6) is -0.727. The lowest BCUT2D eigenvalue weighted by Crippen LogP contribution is -2.28. The first-order valence-electron chi connectivity index (χ1n) is 19.7. The van der Waals surface area contributed by atoms with Crippen molar-refractivity contribution in [3.05, 3.63) is 134 Å². The van der Waals surface area contributed by atoms with Crippen molar-refractivity contribution in [1.82, 2.24) is 0 Å². The van der Waals surface area contributed by atoms with Crippen LogP contribution in [0.15, 0.2) is 134 Å². The van der Waals surface area contributed by atoms with E-state index in [1.165, 1.54) is 0 Å². The van der Waals surface area contributed by atoms with Gasteiger partial charge in [-0.3, -0.25) is 9.59 Å². The van der Waals surface area contributed by atoms with Crippen LogP contribution in [0.3, 0.4) is 0 Å². The summed E-state index contributed by atoms with van der Waals surface area (Å²) >= 11 is 0. The van der Waals surface area contributed by atoms with E-state index in [1.807, 2.05) is 0 Å². The summed E-state index contributed by atoms with van der Waals surface area (Å²) in [4.78, 5) is 24.2. The van der Waals surface area contributed by atoms with Gasteiger partial charge in [-0.2, -0.15) is 0 Å². The van der Waals surface area contributed by atoms with Gasteiger partial charge in [0.15, 0.2) is 6.10 Å². The molecule has 1 atom stereocenters. The number of hydrogen-bond acceptors (Lipinski definition) is 5. The number of carbonyl (C=O) groups excluding carboxylic acids is 2. The maximum absolute atomic E-state index is 12.2. The first kappa shape index (κ1) is 48.0. The van der Waals surface area contributed by atoms with Crippen LogP contribution in [0.5, 0.6) is 0 Å². The summed E-state index contributed by atoms with van der Waals surface area (Å²) in [5.41, 5.74) is 0. The van der Waals surface area contributed by atoms with Gasteiger partial charge < -0.3 is 14.6 Å². The Balaban J connectivity index is 3.81. The molecule has 1 N–H and O–H groups in total. The van der Waals surface area contributed by atoms with Crippen LogP contribution in [0.25, 0.3) is 0 Å². The van der Waals surface area contributed by atoms with Crippen molar-refractivity contribution in [3.63, 3.8) is 0 Å². The van der Waals surface area contributed by atoms with Gasteiger partial charge in [-0.1, -0.05) is 148 Å². The number of allylic oxidation sites excluding steroid dienone is 22. The lowest BCUT2D eigenvalue weighted by atomic mass is 10.2. The molecule has 0 aliphatic rings. The Kier molecular flexibility index (Phi) is 38.3. The average molecular weight is 715 g/mol. The van der Waals surface area contributed by atoms with Gasteiger partial charge in [0.25, 0.3) is 0 Å². The molecule has 0 aromatic heterocycles. The molecular weight excluding hydrogens is 645 g/mol. The Morgan fingerprint density at radius 2 is 0.769 bits per heavy atom. The lowest BCUT2D eigenvalue weighted by molar-refractivity contribution is -0.161. The molecule has 0 fully saturated rings. The number of hydrogen-bond donors (Lipinski definition) is 1. The molecule has 0 aromatic rings. The molecule has 0 bridgehead atoms. The number of carbonyl (C=O) groups is 2. The molecule has 0 rings (SSSR count). The molecular formula is C47H70O5. The van der Waals surface area contributed by atoms with Crippen LogP contribution >= 0.6 is 0 Å². The fourth-order valence-electron chi connectivity index (χ4n) is 4.53. The fraction of sp³-hybridized carbons (Fsp3) is 0.489. The maximum atomic E-state index is 12.2. The third-order valence-electron chi connectivity index (χ3n) is 7.44. The molecule has 0 saturated heterocycles. The molecule has 0 aliphatic heterocycles. The standard InChI is InChI=1S/C47H70O5/c1-3-5-7-9-11-13-15-17-19-21-22-23-24-26-28-30-32-34-36-38-40-42-47(50)52-45(43-48)44-51-46(49)41-39-37-35-33-31-29-27-25-20-18-16-14-12-10-8-6-4-2/h5-8,11-14,17-20,22-23,26-29,32-35,45,48H,3-4,9-10,15-16,21,24-25,30-31,36-44H2,1-2H3/b7-5-,8-6-,13-11-,14-12-,19-17-,20-18-,23-22-,28-26-,29-27-,34-32-,35-33-. The van der Waals surface area contributed by atoms with Crippen LogP contribution in [-0.4, -0.2) is 36.4 Å². The number of rotatable bonds is 33. The first-order valence-corrected chi connectivity index (χ1v) is 19.7. The van der Waals surface area contributed by atoms with Crippen molar-refractivity contribution in [1.29, 1.82) is 0 Å². The second kappa shape index (κ2) is 41.5. The van der Waals surface area contributed by atoms with Crippen LogP contribution in [0, 0.1) is 0 Å². The van der Waals surface area contributed by atoms with E-state index < -0.39 is 6.10 Å². The zero-order valence-corrected chi connectivity index (χ0v) is 32.5. The van der Waals surface area contributed by atoms with Crippen molar-refractivity contribution in [3.8, 4) is 0 Å². The highest BCUT2D eigenvalue weighted by Crippen LogP contribution is 2.07. The van der Waals surface area contributed by atoms with Gasteiger partial charge in [-0.25, -0.2) is 0 Å². The minimum Gasteiger partial charge on any atom is -0.462 e. The molecule has 52 heavy (non-hydrogen) atoms. The van der Waals surface area contributed by atoms with Crippen LogP contribution in [0.2, 0.25) is 0 Å². The van der Waals surface area contributed by atoms with Gasteiger partial charge in [0.1, 0.15) is 6.61 Å². The van der Waals surface area contributed by atoms with E-state index in [-0.39, 0.29) is 38.0 Å². The molecule has 288 valence electrons. The smallest absolute Gasteiger partial charge is 0.306 e. The zero-order chi connectivity index (χ0) is 37.8. The normalized spacial score (nSPS) is 13.7. The zero-order valence-electron chi connectivity index (χ0n) is 32.5. The molecule has 0 aromatic carbocycles. The minimum atomic E-state index is -0.828. The van der Waals surface area contributed by atoms with E-state index in [9.17, 15) is 14.7 Å². The summed E-state index contributed by atoms with van der Waals surface area (Å²) in [6, 6.07) is 0. The Morgan fingerprint density at radius 3 is 1.13 bits per heavy atom. The molecule has 0 saturated carbocycles. The summed E-state index contributed by atoms with van der Waals surface area (Å²) in [7, 11) is 0.